The van der Waals surface area contributed by atoms with Gasteiger partial charge in [0.1, 0.15) is 17.0 Å². The van der Waals surface area contributed by atoms with E-state index in [2.05, 4.69) is 12.1 Å². The van der Waals surface area contributed by atoms with Crippen molar-refractivity contribution in [1.29, 1.82) is 0 Å². The molecule has 0 bridgehead atoms. The van der Waals surface area contributed by atoms with Gasteiger partial charge in [-0.15, -0.1) is 0 Å². The molecule has 0 atom stereocenters. The van der Waals surface area contributed by atoms with Crippen molar-refractivity contribution in [3.63, 3.8) is 0 Å². The molecule has 0 saturated heterocycles. The molecule has 4 nitrogen and oxygen atoms in total. The van der Waals surface area contributed by atoms with Gasteiger partial charge < -0.3 is 36.3 Å². The van der Waals surface area contributed by atoms with E-state index in [9.17, 15) is 5.11 Å². The summed E-state index contributed by atoms with van der Waals surface area (Å²) in [5, 5.41) is 12.4. The number of methoxy groups -OCH3 is 2. The van der Waals surface area contributed by atoms with E-state index in [0.717, 1.165) is 35.8 Å². The zero-order chi connectivity index (χ0) is 28.8. The Hall–Kier alpha value is -0.133. The van der Waals surface area contributed by atoms with Gasteiger partial charge in [0.2, 0.25) is 0 Å². The van der Waals surface area contributed by atoms with Gasteiger partial charge in [-0.1, -0.05) is 57.4 Å². The van der Waals surface area contributed by atoms with Crippen molar-refractivity contribution in [3.8, 4) is 11.5 Å². The van der Waals surface area contributed by atoms with Crippen LogP contribution in [0.4, 0.5) is 0 Å². The van der Waals surface area contributed by atoms with Crippen LogP contribution >= 0.6 is 7.26 Å². The molecule has 3 aliphatic rings. The van der Waals surface area contributed by atoms with Crippen LogP contribution in [0.5, 0.6) is 11.5 Å². The first-order valence-corrected chi connectivity index (χ1v) is 21.4. The van der Waals surface area contributed by atoms with Gasteiger partial charge in [-0.05, 0) is 95.6 Å². The van der Waals surface area contributed by atoms with E-state index in [-0.39, 0.29) is 32.4 Å². The van der Waals surface area contributed by atoms with Crippen LogP contribution in [0.2, 0.25) is 6.04 Å². The summed E-state index contributed by atoms with van der Waals surface area (Å²) in [5.74, 6) is 1.70. The monoisotopic (exact) mass is 684 g/mol. The molecule has 242 valence electrons. The van der Waals surface area contributed by atoms with Gasteiger partial charge in [-0.3, -0.25) is 0 Å². The second-order valence-electron chi connectivity index (χ2n) is 13.4. The number of benzene rings is 1. The molecule has 7 heteroatoms. The zero-order valence-electron chi connectivity index (χ0n) is 27.0. The Bertz CT molecular complexity index is 806. The SMILES string of the molecule is COC(OC)[SiH2]CCCCCCCCOc1ccc(O)cc1[P+](C1CCCCC1)(C1CCCCC1)C1CCCCC1.[Br-]. The van der Waals surface area contributed by atoms with Crippen LogP contribution in [-0.4, -0.2) is 58.3 Å². The number of halogens is 1. The molecule has 1 aromatic rings. The van der Waals surface area contributed by atoms with E-state index in [4.69, 9.17) is 14.2 Å². The van der Waals surface area contributed by atoms with Crippen molar-refractivity contribution < 1.29 is 36.3 Å². The summed E-state index contributed by atoms with van der Waals surface area (Å²) in [6.45, 7) is 0.814. The number of phenolic OH excluding ortho intramolecular Hbond substituents is 1. The standard InChI is InChI=1S/C35H61O4PSi.BrH/c1-37-35(38-2)41-27-17-6-4-3-5-16-26-39-33-25-24-29(36)28-34(33)40(30-18-10-7-11-19-30,31-20-12-8-13-21-31)32-22-14-9-15-23-32;/h24-25,28,30-32,35H,3-23,26-27,41H2,1-2H3;1H. The minimum Gasteiger partial charge on any atom is -1.00 e. The van der Waals surface area contributed by atoms with Gasteiger partial charge in [0.05, 0.1) is 40.4 Å². The summed E-state index contributed by atoms with van der Waals surface area (Å²) in [4.78, 5) is 0. The first-order valence-electron chi connectivity index (χ1n) is 17.6. The molecular weight excluding hydrogens is 623 g/mol. The first kappa shape index (κ1) is 36.3. The number of hydrogen-bond acceptors (Lipinski definition) is 4. The predicted molar refractivity (Wildman–Crippen MR) is 180 cm³/mol. The van der Waals surface area contributed by atoms with Crippen LogP contribution in [-0.2, 0) is 9.47 Å². The second-order valence-corrected chi connectivity index (χ2v) is 19.7. The molecule has 0 heterocycles. The molecule has 3 saturated carbocycles. The third-order valence-electron chi connectivity index (χ3n) is 10.8. The fourth-order valence-corrected chi connectivity index (χ4v) is 17.7. The highest BCUT2D eigenvalue weighted by atomic mass is 79.9. The van der Waals surface area contributed by atoms with E-state index >= 15 is 0 Å². The molecule has 4 rings (SSSR count). The summed E-state index contributed by atoms with van der Waals surface area (Å²) in [5.41, 5.74) is 2.54. The van der Waals surface area contributed by atoms with Crippen molar-refractivity contribution in [1.82, 2.24) is 0 Å². The fourth-order valence-electron chi connectivity index (χ4n) is 8.75. The molecule has 0 aliphatic heterocycles. The Balaban J connectivity index is 0.00000484. The molecule has 0 unspecified atom stereocenters. The summed E-state index contributed by atoms with van der Waals surface area (Å²) < 4.78 is 17.5. The quantitative estimate of drug-likeness (QED) is 0.0958. The molecule has 0 aromatic heterocycles. The minimum atomic E-state index is -1.53. The highest BCUT2D eigenvalue weighted by Gasteiger charge is 2.60. The molecule has 3 fully saturated rings. The lowest BCUT2D eigenvalue weighted by atomic mass is 9.99. The maximum absolute atomic E-state index is 10.9. The molecular formula is C35H62BrO4PSi. The lowest BCUT2D eigenvalue weighted by Gasteiger charge is -2.49. The van der Waals surface area contributed by atoms with Crippen LogP contribution in [0, 0.1) is 0 Å². The minimum absolute atomic E-state index is 0. The Morgan fingerprint density at radius 2 is 1.19 bits per heavy atom. The van der Waals surface area contributed by atoms with Crippen molar-refractivity contribution in [2.75, 3.05) is 20.8 Å². The third kappa shape index (κ3) is 9.93. The Labute approximate surface area is 271 Å². The number of unbranched alkanes of at least 4 members (excludes halogenated alkanes) is 5. The normalized spacial score (nSPS) is 19.9. The lowest BCUT2D eigenvalue weighted by Crippen LogP contribution is -3.00. The van der Waals surface area contributed by atoms with E-state index in [0.29, 0.717) is 5.75 Å². The molecule has 0 spiro atoms. The van der Waals surface area contributed by atoms with E-state index in [1.165, 1.54) is 140 Å². The topological polar surface area (TPSA) is 47.9 Å². The molecule has 0 radical (unpaired) electrons. The Morgan fingerprint density at radius 3 is 1.69 bits per heavy atom. The summed E-state index contributed by atoms with van der Waals surface area (Å²) in [6.07, 6.45) is 28.8. The summed E-state index contributed by atoms with van der Waals surface area (Å²) >= 11 is 0. The van der Waals surface area contributed by atoms with Crippen molar-refractivity contribution in [2.24, 2.45) is 0 Å². The van der Waals surface area contributed by atoms with Gasteiger partial charge in [0.15, 0.2) is 5.75 Å². The van der Waals surface area contributed by atoms with Gasteiger partial charge in [0, 0.05) is 20.3 Å². The molecule has 1 N–H and O–H groups in total. The number of aromatic hydroxyl groups is 1. The van der Waals surface area contributed by atoms with Crippen LogP contribution in [0.15, 0.2) is 18.2 Å². The highest BCUT2D eigenvalue weighted by molar-refractivity contribution is 7.85. The highest BCUT2D eigenvalue weighted by Crippen LogP contribution is 2.77. The molecule has 42 heavy (non-hydrogen) atoms. The average Bonchev–Trinajstić information content (AvgIpc) is 3.03. The third-order valence-corrected chi connectivity index (χ3v) is 19.2. The van der Waals surface area contributed by atoms with Crippen molar-refractivity contribution in [2.45, 2.75) is 164 Å². The fraction of sp³-hybridized carbons (Fsp3) is 0.829. The van der Waals surface area contributed by atoms with Crippen LogP contribution in [0.25, 0.3) is 0 Å². The summed E-state index contributed by atoms with van der Waals surface area (Å²) in [7, 11) is 1.71. The maximum atomic E-state index is 10.9. The predicted octanol–water partition coefficient (Wildman–Crippen LogP) is 5.92. The van der Waals surface area contributed by atoms with Gasteiger partial charge in [-0.25, -0.2) is 0 Å². The first-order chi connectivity index (χ1) is 20.2. The lowest BCUT2D eigenvalue weighted by molar-refractivity contribution is -0.0441. The average molecular weight is 686 g/mol. The van der Waals surface area contributed by atoms with Crippen molar-refractivity contribution in [3.05, 3.63) is 18.2 Å². The number of hydrogen-bond donors (Lipinski definition) is 1. The largest absolute Gasteiger partial charge is 1.00 e. The maximum Gasteiger partial charge on any atom is 0.161 e. The second kappa shape index (κ2) is 20.1. The van der Waals surface area contributed by atoms with Crippen LogP contribution in [0.3, 0.4) is 0 Å². The molecule has 3 aliphatic carbocycles. The van der Waals surface area contributed by atoms with Gasteiger partial charge in [0.25, 0.3) is 0 Å². The van der Waals surface area contributed by atoms with E-state index in [1.807, 2.05) is 6.07 Å². The smallest absolute Gasteiger partial charge is 0.161 e. The molecule has 1 aromatic carbocycles. The molecule has 0 amide bonds. The Kier molecular flexibility index (Phi) is 17.4. The van der Waals surface area contributed by atoms with Crippen LogP contribution in [0.1, 0.15) is 135 Å². The Morgan fingerprint density at radius 1 is 0.714 bits per heavy atom. The number of phenols is 1. The van der Waals surface area contributed by atoms with E-state index in [1.54, 1.807) is 14.2 Å². The van der Waals surface area contributed by atoms with Crippen LogP contribution < -0.4 is 27.0 Å². The zero-order valence-corrected chi connectivity index (χ0v) is 30.9. The number of ether oxygens (including phenoxy) is 3. The summed E-state index contributed by atoms with van der Waals surface area (Å²) in [6, 6.07) is 7.59. The van der Waals surface area contributed by atoms with Crippen molar-refractivity contribution >= 4 is 22.1 Å². The number of rotatable bonds is 17. The van der Waals surface area contributed by atoms with E-state index < -0.39 is 7.26 Å². The van der Waals surface area contributed by atoms with Gasteiger partial charge in [-0.2, -0.15) is 0 Å². The van der Waals surface area contributed by atoms with Gasteiger partial charge >= 0.3 is 0 Å².